The Hall–Kier alpha value is -1.85. The summed E-state index contributed by atoms with van der Waals surface area (Å²) >= 11 is 3.32. The highest BCUT2D eigenvalue weighted by atomic mass is 79.9. The lowest BCUT2D eigenvalue weighted by molar-refractivity contribution is 0.0709. The number of carbonyl (C=O) groups is 1. The molecule has 0 aromatic heterocycles. The summed E-state index contributed by atoms with van der Waals surface area (Å²) in [6.45, 7) is 0.619. The molecule has 4 nitrogen and oxygen atoms in total. The van der Waals surface area contributed by atoms with E-state index in [-0.39, 0.29) is 19.1 Å². The SMILES string of the molecule is Nc1cc(Br)ccc1C(=O)N(CCO)Cc1ccccc1. The predicted molar refractivity (Wildman–Crippen MR) is 86.8 cm³/mol. The minimum Gasteiger partial charge on any atom is -0.398 e. The normalized spacial score (nSPS) is 10.4. The van der Waals surface area contributed by atoms with Gasteiger partial charge in [-0.15, -0.1) is 0 Å². The molecule has 0 bridgehead atoms. The van der Waals surface area contributed by atoms with Gasteiger partial charge in [0.1, 0.15) is 0 Å². The lowest BCUT2D eigenvalue weighted by Crippen LogP contribution is -2.33. The molecule has 0 aliphatic rings. The number of benzene rings is 2. The smallest absolute Gasteiger partial charge is 0.256 e. The summed E-state index contributed by atoms with van der Waals surface area (Å²) < 4.78 is 0.827. The van der Waals surface area contributed by atoms with Gasteiger partial charge in [0.2, 0.25) is 0 Å². The van der Waals surface area contributed by atoms with Crippen molar-refractivity contribution < 1.29 is 9.90 Å². The molecule has 0 saturated carbocycles. The van der Waals surface area contributed by atoms with E-state index in [0.29, 0.717) is 17.8 Å². The van der Waals surface area contributed by atoms with Crippen molar-refractivity contribution >= 4 is 27.5 Å². The Labute approximate surface area is 132 Å². The summed E-state index contributed by atoms with van der Waals surface area (Å²) in [6, 6.07) is 14.8. The molecule has 0 radical (unpaired) electrons. The van der Waals surface area contributed by atoms with Crippen molar-refractivity contribution in [2.45, 2.75) is 6.54 Å². The van der Waals surface area contributed by atoms with E-state index < -0.39 is 0 Å². The fourth-order valence-electron chi connectivity index (χ4n) is 2.08. The first-order valence-corrected chi connectivity index (χ1v) is 7.40. The van der Waals surface area contributed by atoms with Gasteiger partial charge in [0.05, 0.1) is 12.2 Å². The van der Waals surface area contributed by atoms with Gasteiger partial charge in [-0.1, -0.05) is 46.3 Å². The Bertz CT molecular complexity index is 617. The van der Waals surface area contributed by atoms with Crippen LogP contribution in [-0.4, -0.2) is 29.1 Å². The lowest BCUT2D eigenvalue weighted by atomic mass is 10.1. The van der Waals surface area contributed by atoms with Crippen molar-refractivity contribution in [3.8, 4) is 0 Å². The van der Waals surface area contributed by atoms with Crippen LogP contribution in [0.2, 0.25) is 0 Å². The summed E-state index contributed by atoms with van der Waals surface area (Å²) in [5, 5.41) is 9.19. The molecule has 21 heavy (non-hydrogen) atoms. The molecule has 2 aromatic carbocycles. The molecule has 0 spiro atoms. The predicted octanol–water partition coefficient (Wildman–Crippen LogP) is 2.67. The molecule has 2 rings (SSSR count). The summed E-state index contributed by atoms with van der Waals surface area (Å²) in [6.07, 6.45) is 0. The largest absolute Gasteiger partial charge is 0.398 e. The maximum absolute atomic E-state index is 12.6. The Morgan fingerprint density at radius 1 is 1.19 bits per heavy atom. The fourth-order valence-corrected chi connectivity index (χ4v) is 2.45. The molecule has 0 atom stereocenters. The number of anilines is 1. The van der Waals surface area contributed by atoms with Crippen LogP contribution < -0.4 is 5.73 Å². The van der Waals surface area contributed by atoms with Gasteiger partial charge in [-0.2, -0.15) is 0 Å². The second-order valence-corrected chi connectivity index (χ2v) is 5.58. The van der Waals surface area contributed by atoms with Crippen LogP contribution in [-0.2, 0) is 6.54 Å². The first kappa shape index (κ1) is 15.5. The lowest BCUT2D eigenvalue weighted by Gasteiger charge is -2.22. The molecule has 1 amide bonds. The second-order valence-electron chi connectivity index (χ2n) is 4.67. The Balaban J connectivity index is 2.23. The highest BCUT2D eigenvalue weighted by Gasteiger charge is 2.18. The van der Waals surface area contributed by atoms with Crippen LogP contribution in [0.3, 0.4) is 0 Å². The summed E-state index contributed by atoms with van der Waals surface area (Å²) in [5.41, 5.74) is 7.79. The van der Waals surface area contributed by atoms with Crippen molar-refractivity contribution in [1.29, 1.82) is 0 Å². The molecule has 0 aliphatic carbocycles. The molecule has 0 heterocycles. The average molecular weight is 349 g/mol. The van der Waals surface area contributed by atoms with Gasteiger partial charge in [0.15, 0.2) is 0 Å². The summed E-state index contributed by atoms with van der Waals surface area (Å²) in [7, 11) is 0. The first-order valence-electron chi connectivity index (χ1n) is 6.61. The first-order chi connectivity index (χ1) is 10.1. The number of nitrogen functional groups attached to an aromatic ring is 1. The molecular weight excluding hydrogens is 332 g/mol. The Kier molecular flexibility index (Phi) is 5.36. The molecule has 110 valence electrons. The number of hydrogen-bond donors (Lipinski definition) is 2. The van der Waals surface area contributed by atoms with Crippen molar-refractivity contribution in [2.75, 3.05) is 18.9 Å². The van der Waals surface area contributed by atoms with Gasteiger partial charge in [-0.25, -0.2) is 0 Å². The zero-order valence-corrected chi connectivity index (χ0v) is 13.1. The van der Waals surface area contributed by atoms with E-state index in [0.717, 1.165) is 10.0 Å². The van der Waals surface area contributed by atoms with E-state index in [1.54, 1.807) is 23.1 Å². The van der Waals surface area contributed by atoms with Crippen molar-refractivity contribution in [3.05, 3.63) is 64.1 Å². The average Bonchev–Trinajstić information content (AvgIpc) is 2.47. The van der Waals surface area contributed by atoms with Crippen LogP contribution in [0, 0.1) is 0 Å². The molecule has 5 heteroatoms. The minimum absolute atomic E-state index is 0.0883. The zero-order chi connectivity index (χ0) is 15.2. The Morgan fingerprint density at radius 2 is 1.90 bits per heavy atom. The van der Waals surface area contributed by atoms with Gasteiger partial charge < -0.3 is 15.7 Å². The van der Waals surface area contributed by atoms with E-state index in [1.165, 1.54) is 0 Å². The number of carbonyl (C=O) groups excluding carboxylic acids is 1. The van der Waals surface area contributed by atoms with Crippen molar-refractivity contribution in [2.24, 2.45) is 0 Å². The molecule has 0 aliphatic heterocycles. The third-order valence-electron chi connectivity index (χ3n) is 3.12. The van der Waals surface area contributed by atoms with Gasteiger partial charge in [0, 0.05) is 23.2 Å². The topological polar surface area (TPSA) is 66.6 Å². The van der Waals surface area contributed by atoms with E-state index in [9.17, 15) is 9.90 Å². The van der Waals surface area contributed by atoms with Crippen LogP contribution in [0.4, 0.5) is 5.69 Å². The maximum atomic E-state index is 12.6. The number of aliphatic hydroxyl groups is 1. The minimum atomic E-state index is -0.182. The number of hydrogen-bond acceptors (Lipinski definition) is 3. The van der Waals surface area contributed by atoms with Crippen molar-refractivity contribution in [3.63, 3.8) is 0 Å². The Morgan fingerprint density at radius 3 is 2.52 bits per heavy atom. The number of nitrogens with zero attached hydrogens (tertiary/aromatic N) is 1. The molecular formula is C16H17BrN2O2. The summed E-state index contributed by atoms with van der Waals surface area (Å²) in [5.74, 6) is -0.182. The van der Waals surface area contributed by atoms with Crippen molar-refractivity contribution in [1.82, 2.24) is 4.90 Å². The van der Waals surface area contributed by atoms with Crippen LogP contribution in [0.25, 0.3) is 0 Å². The molecule has 0 fully saturated rings. The number of amides is 1. The van der Waals surface area contributed by atoms with Gasteiger partial charge in [0.25, 0.3) is 5.91 Å². The number of nitrogens with two attached hydrogens (primary N) is 1. The molecule has 0 unspecified atom stereocenters. The van der Waals surface area contributed by atoms with Gasteiger partial charge in [-0.3, -0.25) is 4.79 Å². The third-order valence-corrected chi connectivity index (χ3v) is 3.61. The van der Waals surface area contributed by atoms with E-state index >= 15 is 0 Å². The number of halogens is 1. The quantitative estimate of drug-likeness (QED) is 0.816. The number of rotatable bonds is 5. The van der Waals surface area contributed by atoms with E-state index in [1.807, 2.05) is 30.3 Å². The van der Waals surface area contributed by atoms with Crippen LogP contribution in [0.1, 0.15) is 15.9 Å². The third kappa shape index (κ3) is 4.06. The van der Waals surface area contributed by atoms with Crippen LogP contribution >= 0.6 is 15.9 Å². The van der Waals surface area contributed by atoms with Gasteiger partial charge >= 0.3 is 0 Å². The van der Waals surface area contributed by atoms with E-state index in [2.05, 4.69) is 15.9 Å². The highest BCUT2D eigenvalue weighted by molar-refractivity contribution is 9.10. The van der Waals surface area contributed by atoms with Gasteiger partial charge in [-0.05, 0) is 23.8 Å². The fraction of sp³-hybridized carbons (Fsp3) is 0.188. The highest BCUT2D eigenvalue weighted by Crippen LogP contribution is 2.20. The maximum Gasteiger partial charge on any atom is 0.256 e. The van der Waals surface area contributed by atoms with E-state index in [4.69, 9.17) is 5.73 Å². The van der Waals surface area contributed by atoms with Crippen LogP contribution in [0.5, 0.6) is 0 Å². The zero-order valence-electron chi connectivity index (χ0n) is 11.5. The second kappa shape index (κ2) is 7.24. The monoisotopic (exact) mass is 348 g/mol. The summed E-state index contributed by atoms with van der Waals surface area (Å²) in [4.78, 5) is 14.2. The molecule has 2 aromatic rings. The molecule has 3 N–H and O–H groups in total. The van der Waals surface area contributed by atoms with Crippen LogP contribution in [0.15, 0.2) is 53.0 Å². The standard InChI is InChI=1S/C16H17BrN2O2/c17-13-6-7-14(15(18)10-13)16(21)19(8-9-20)11-12-4-2-1-3-5-12/h1-7,10,20H,8-9,11,18H2. The number of aliphatic hydroxyl groups excluding tert-OH is 1. The molecule has 0 saturated heterocycles.